The molecule has 1 amide bonds. The molecule has 2 N–H and O–H groups in total. The second-order valence-electron chi connectivity index (χ2n) is 7.04. The van der Waals surface area contributed by atoms with E-state index in [9.17, 15) is 9.59 Å². The summed E-state index contributed by atoms with van der Waals surface area (Å²) in [5.41, 5.74) is -0.183. The van der Waals surface area contributed by atoms with E-state index >= 15 is 0 Å². The fraction of sp³-hybridized carbons (Fsp3) is 0.750. The summed E-state index contributed by atoms with van der Waals surface area (Å²) in [6.07, 6.45) is 3.17. The number of carbonyl (C=O) groups excluding carboxylic acids is 2. The molecule has 0 aromatic carbocycles. The summed E-state index contributed by atoms with van der Waals surface area (Å²) in [5.74, 6) is -0.338. The number of amides is 1. The molecule has 0 saturated carbocycles. The third-order valence-electron chi connectivity index (χ3n) is 4.11. The Bertz CT molecular complexity index is 431. The van der Waals surface area contributed by atoms with Crippen molar-refractivity contribution in [2.24, 2.45) is 5.41 Å². The average Bonchev–Trinajstić information content (AvgIpc) is 2.62. The van der Waals surface area contributed by atoms with Gasteiger partial charge < -0.3 is 60.4 Å². The average molecular weight is 490 g/mol. The Balaban J connectivity index is 0. The van der Waals surface area contributed by atoms with Gasteiger partial charge in [-0.15, -0.1) is 0 Å². The van der Waals surface area contributed by atoms with Crippen molar-refractivity contribution in [3.63, 3.8) is 0 Å². The largest absolute Gasteiger partial charge is 3.00 e. The topological polar surface area (TPSA) is 95.1 Å². The van der Waals surface area contributed by atoms with E-state index in [0.717, 1.165) is 32.2 Å². The van der Waals surface area contributed by atoms with Crippen LogP contribution in [-0.4, -0.2) is 70.8 Å². The van der Waals surface area contributed by atoms with Crippen LogP contribution in [0.2, 0.25) is 0 Å². The molecule has 2 heterocycles. The van der Waals surface area contributed by atoms with E-state index in [-0.39, 0.29) is 69.8 Å². The molecule has 0 atom stereocenters. The maximum Gasteiger partial charge on any atom is 3.00 e. The zero-order valence-electron chi connectivity index (χ0n) is 18.2. The number of ether oxygens (including phenoxy) is 4. The van der Waals surface area contributed by atoms with Gasteiger partial charge in [-0.1, -0.05) is 0 Å². The second-order valence-corrected chi connectivity index (χ2v) is 7.04. The van der Waals surface area contributed by atoms with Crippen molar-refractivity contribution < 1.29 is 61.2 Å². The third-order valence-corrected chi connectivity index (χ3v) is 4.11. The number of hydrogen-bond acceptors (Lipinski definition) is 7. The van der Waals surface area contributed by atoms with E-state index in [2.05, 4.69) is 24.5 Å². The molecule has 0 bridgehead atoms. The first-order valence-electron chi connectivity index (χ1n) is 9.40. The van der Waals surface area contributed by atoms with Gasteiger partial charge in [0, 0.05) is 13.0 Å². The molecule has 0 aromatic rings. The minimum absolute atomic E-state index is 0. The standard InChI is InChI=1S/C16H29N2O5.C3H5O.CH3.Y/c1-13(19)18-8-4-6-15-22-11-16(12-23-15)9-20-14(21-10-16)5-3-7-17-2;1-3(2)4;;/h14-15,17H,1,3-12H2,2H3,(H,18,19);1H2,2H3;1H3;/q3*-1;+3. The van der Waals surface area contributed by atoms with Gasteiger partial charge in [0.25, 0.3) is 0 Å². The summed E-state index contributed by atoms with van der Waals surface area (Å²) in [5, 5.41) is 5.78. The van der Waals surface area contributed by atoms with E-state index in [4.69, 9.17) is 18.9 Å². The van der Waals surface area contributed by atoms with Crippen molar-refractivity contribution in [2.45, 2.75) is 45.2 Å². The molecule has 2 aliphatic rings. The molecular weight excluding hydrogens is 453 g/mol. The van der Waals surface area contributed by atoms with E-state index in [1.54, 1.807) is 0 Å². The van der Waals surface area contributed by atoms with Crippen molar-refractivity contribution in [3.8, 4) is 0 Å². The molecule has 0 radical (unpaired) electrons. The molecule has 0 aliphatic carbocycles. The van der Waals surface area contributed by atoms with E-state index in [0.29, 0.717) is 33.0 Å². The molecule has 0 unspecified atom stereocenters. The number of hydrogen-bond donors (Lipinski definition) is 2. The van der Waals surface area contributed by atoms with Crippen molar-refractivity contribution >= 4 is 11.7 Å². The fourth-order valence-electron chi connectivity index (χ4n) is 2.70. The van der Waals surface area contributed by atoms with Crippen LogP contribution in [-0.2, 0) is 61.2 Å². The molecule has 2 aliphatic heterocycles. The number of ketones is 1. The van der Waals surface area contributed by atoms with Crippen LogP contribution in [0.5, 0.6) is 0 Å². The summed E-state index contributed by atoms with van der Waals surface area (Å²) in [7, 11) is 1.94. The Morgan fingerprint density at radius 2 is 1.31 bits per heavy atom. The van der Waals surface area contributed by atoms with Crippen LogP contribution in [0.3, 0.4) is 0 Å². The van der Waals surface area contributed by atoms with Crippen LogP contribution in [0, 0.1) is 26.7 Å². The first kappa shape index (κ1) is 31.0. The minimum Gasteiger partial charge on any atom is -0.381 e. The molecule has 29 heavy (non-hydrogen) atoms. The van der Waals surface area contributed by atoms with Crippen LogP contribution in [0.4, 0.5) is 0 Å². The van der Waals surface area contributed by atoms with Crippen molar-refractivity contribution in [2.75, 3.05) is 46.6 Å². The minimum atomic E-state index is -0.254. The Morgan fingerprint density at radius 3 is 1.66 bits per heavy atom. The maximum absolute atomic E-state index is 10.7. The van der Waals surface area contributed by atoms with Gasteiger partial charge in [-0.25, -0.2) is 0 Å². The Kier molecular flexibility index (Phi) is 18.7. The van der Waals surface area contributed by atoms with Gasteiger partial charge in [0.1, 0.15) is 0 Å². The molecule has 1 spiro atoms. The molecule has 8 nitrogen and oxygen atoms in total. The predicted molar refractivity (Wildman–Crippen MR) is 107 cm³/mol. The van der Waals surface area contributed by atoms with Gasteiger partial charge in [-0.3, -0.25) is 0 Å². The molecule has 2 saturated heterocycles. The molecule has 9 heteroatoms. The van der Waals surface area contributed by atoms with Crippen LogP contribution in [0.25, 0.3) is 0 Å². The van der Waals surface area contributed by atoms with Gasteiger partial charge in [0.15, 0.2) is 12.6 Å². The SMILES string of the molecule is [CH2-]C(=O)NCCCC1OCC2(COC(CCCNC)OC2)CO1.[CH2-]C(C)=O.[CH3-].[Y+3]. The second kappa shape index (κ2) is 17.5. The summed E-state index contributed by atoms with van der Waals surface area (Å²) < 4.78 is 23.2. The molecule has 166 valence electrons. The van der Waals surface area contributed by atoms with Gasteiger partial charge in [0.05, 0.1) is 37.7 Å². The van der Waals surface area contributed by atoms with E-state index in [1.165, 1.54) is 6.92 Å². The van der Waals surface area contributed by atoms with Crippen molar-refractivity contribution in [1.82, 2.24) is 10.6 Å². The summed E-state index contributed by atoms with van der Waals surface area (Å²) in [4.78, 5) is 20.0. The first-order chi connectivity index (χ1) is 12.9. The smallest absolute Gasteiger partial charge is 0.381 e. The van der Waals surface area contributed by atoms with Crippen LogP contribution < -0.4 is 10.6 Å². The molecular formula is C20H37N2O6Y. The molecule has 0 aromatic heterocycles. The van der Waals surface area contributed by atoms with Gasteiger partial charge in [-0.05, 0) is 45.6 Å². The summed E-state index contributed by atoms with van der Waals surface area (Å²) in [6.45, 7) is 11.6. The first-order valence-corrected chi connectivity index (χ1v) is 9.40. The Morgan fingerprint density at radius 1 is 0.931 bits per heavy atom. The summed E-state index contributed by atoms with van der Waals surface area (Å²) >= 11 is 0. The normalized spacial score (nSPS) is 25.6. The fourth-order valence-corrected chi connectivity index (χ4v) is 2.70. The zero-order chi connectivity index (χ0) is 20.1. The van der Waals surface area contributed by atoms with Crippen molar-refractivity contribution in [3.05, 3.63) is 21.3 Å². The quantitative estimate of drug-likeness (QED) is 0.391. The van der Waals surface area contributed by atoms with Gasteiger partial charge >= 0.3 is 32.7 Å². The Hall–Kier alpha value is -0.216. The molecule has 2 rings (SSSR count). The number of Topliss-reactive ketones (excluding diaryl/α,β-unsaturated/α-hetero) is 1. The summed E-state index contributed by atoms with van der Waals surface area (Å²) in [6, 6.07) is 0. The van der Waals surface area contributed by atoms with Crippen LogP contribution in [0.1, 0.15) is 32.6 Å². The van der Waals surface area contributed by atoms with Gasteiger partial charge in [-0.2, -0.15) is 0 Å². The van der Waals surface area contributed by atoms with Gasteiger partial charge in [0.2, 0.25) is 0 Å². The number of nitrogens with one attached hydrogen (secondary N) is 2. The maximum atomic E-state index is 10.7. The van der Waals surface area contributed by atoms with E-state index < -0.39 is 0 Å². The van der Waals surface area contributed by atoms with Crippen LogP contribution >= 0.6 is 0 Å². The number of carbonyl (C=O) groups is 2. The predicted octanol–water partition coefficient (Wildman–Crippen LogP) is 1.31. The monoisotopic (exact) mass is 490 g/mol. The number of rotatable bonds is 8. The van der Waals surface area contributed by atoms with E-state index in [1.807, 2.05) is 7.05 Å². The third kappa shape index (κ3) is 14.4. The zero-order valence-corrected chi connectivity index (χ0v) is 21.0. The van der Waals surface area contributed by atoms with Crippen molar-refractivity contribution in [1.29, 1.82) is 0 Å². The molecule has 2 fully saturated rings. The Labute approximate surface area is 201 Å². The van der Waals surface area contributed by atoms with Crippen LogP contribution in [0.15, 0.2) is 0 Å².